The molecule has 2 aromatic rings. The Labute approximate surface area is 132 Å². The van der Waals surface area contributed by atoms with Gasteiger partial charge in [-0.3, -0.25) is 4.90 Å². The topological polar surface area (TPSA) is 21.7 Å². The van der Waals surface area contributed by atoms with Crippen LogP contribution in [0.1, 0.15) is 12.8 Å². The molecule has 0 aliphatic carbocycles. The Morgan fingerprint density at radius 3 is 2.41 bits per heavy atom. The third-order valence-electron chi connectivity index (χ3n) is 4.13. The Balaban J connectivity index is 1.66. The maximum absolute atomic E-state index is 5.91. The molecule has 0 saturated carbocycles. The fraction of sp³-hybridized carbons (Fsp3) is 0.368. The van der Waals surface area contributed by atoms with Crippen LogP contribution in [0.15, 0.2) is 48.5 Å². The first-order chi connectivity index (χ1) is 10.9. The van der Waals surface area contributed by atoms with Crippen molar-refractivity contribution in [3.05, 3.63) is 48.5 Å². The summed E-state index contributed by atoms with van der Waals surface area (Å²) in [6.45, 7) is 4.10. The van der Waals surface area contributed by atoms with E-state index in [1.54, 1.807) is 7.11 Å². The average molecular weight is 297 g/mol. The molecule has 116 valence electrons. The SMILES string of the molecule is COc1cc(-c2ccccc2)ccc1OCCN1CCCC1. The van der Waals surface area contributed by atoms with Crippen molar-refractivity contribution >= 4 is 0 Å². The van der Waals surface area contributed by atoms with Gasteiger partial charge in [-0.05, 0) is 49.2 Å². The van der Waals surface area contributed by atoms with Crippen molar-refractivity contribution < 1.29 is 9.47 Å². The summed E-state index contributed by atoms with van der Waals surface area (Å²) in [5.41, 5.74) is 2.33. The molecule has 0 aromatic heterocycles. The van der Waals surface area contributed by atoms with E-state index in [1.807, 2.05) is 30.3 Å². The van der Waals surface area contributed by atoms with Crippen LogP contribution in [-0.2, 0) is 0 Å². The van der Waals surface area contributed by atoms with Crippen molar-refractivity contribution in [1.29, 1.82) is 0 Å². The highest BCUT2D eigenvalue weighted by Gasteiger charge is 2.12. The van der Waals surface area contributed by atoms with Gasteiger partial charge in [0.2, 0.25) is 0 Å². The lowest BCUT2D eigenvalue weighted by molar-refractivity contribution is 0.230. The summed E-state index contributed by atoms with van der Waals surface area (Å²) in [7, 11) is 1.69. The van der Waals surface area contributed by atoms with Crippen LogP contribution in [0.5, 0.6) is 11.5 Å². The third-order valence-corrected chi connectivity index (χ3v) is 4.13. The van der Waals surface area contributed by atoms with E-state index in [-0.39, 0.29) is 0 Å². The molecule has 3 nitrogen and oxygen atoms in total. The van der Waals surface area contributed by atoms with Crippen molar-refractivity contribution in [3.8, 4) is 22.6 Å². The van der Waals surface area contributed by atoms with E-state index >= 15 is 0 Å². The molecule has 0 atom stereocenters. The van der Waals surface area contributed by atoms with Crippen LogP contribution in [0.25, 0.3) is 11.1 Å². The molecule has 1 heterocycles. The van der Waals surface area contributed by atoms with Gasteiger partial charge in [0.15, 0.2) is 11.5 Å². The zero-order valence-electron chi connectivity index (χ0n) is 13.1. The maximum atomic E-state index is 5.91. The van der Waals surface area contributed by atoms with Crippen LogP contribution >= 0.6 is 0 Å². The van der Waals surface area contributed by atoms with Crippen LogP contribution in [0.2, 0.25) is 0 Å². The summed E-state index contributed by atoms with van der Waals surface area (Å²) in [6, 6.07) is 16.4. The van der Waals surface area contributed by atoms with Crippen LogP contribution in [0.4, 0.5) is 0 Å². The van der Waals surface area contributed by atoms with Gasteiger partial charge in [0.05, 0.1) is 7.11 Å². The number of hydrogen-bond donors (Lipinski definition) is 0. The van der Waals surface area contributed by atoms with E-state index in [9.17, 15) is 0 Å². The van der Waals surface area contributed by atoms with Gasteiger partial charge in [0.1, 0.15) is 6.61 Å². The molecule has 22 heavy (non-hydrogen) atoms. The second-order valence-electron chi connectivity index (χ2n) is 5.63. The number of nitrogens with zero attached hydrogens (tertiary/aromatic N) is 1. The first-order valence-corrected chi connectivity index (χ1v) is 7.95. The van der Waals surface area contributed by atoms with Gasteiger partial charge in [-0.15, -0.1) is 0 Å². The highest BCUT2D eigenvalue weighted by Crippen LogP contribution is 2.32. The van der Waals surface area contributed by atoms with E-state index < -0.39 is 0 Å². The summed E-state index contributed by atoms with van der Waals surface area (Å²) >= 11 is 0. The minimum atomic E-state index is 0.709. The van der Waals surface area contributed by atoms with Gasteiger partial charge >= 0.3 is 0 Å². The summed E-state index contributed by atoms with van der Waals surface area (Å²) in [4.78, 5) is 2.45. The minimum Gasteiger partial charge on any atom is -0.493 e. The number of benzene rings is 2. The number of methoxy groups -OCH3 is 1. The molecule has 3 heteroatoms. The Hall–Kier alpha value is -2.00. The Morgan fingerprint density at radius 1 is 0.909 bits per heavy atom. The van der Waals surface area contributed by atoms with Crippen molar-refractivity contribution in [2.75, 3.05) is 33.4 Å². The smallest absolute Gasteiger partial charge is 0.161 e. The maximum Gasteiger partial charge on any atom is 0.161 e. The van der Waals surface area contributed by atoms with Crippen LogP contribution < -0.4 is 9.47 Å². The Bertz CT molecular complexity index is 592. The van der Waals surface area contributed by atoms with E-state index in [0.29, 0.717) is 6.61 Å². The fourth-order valence-corrected chi connectivity index (χ4v) is 2.89. The van der Waals surface area contributed by atoms with E-state index in [4.69, 9.17) is 9.47 Å². The second-order valence-corrected chi connectivity index (χ2v) is 5.63. The quantitative estimate of drug-likeness (QED) is 0.808. The first-order valence-electron chi connectivity index (χ1n) is 7.95. The molecule has 0 radical (unpaired) electrons. The number of hydrogen-bond acceptors (Lipinski definition) is 3. The zero-order chi connectivity index (χ0) is 15.2. The Morgan fingerprint density at radius 2 is 1.68 bits per heavy atom. The summed E-state index contributed by atoms with van der Waals surface area (Å²) < 4.78 is 11.4. The van der Waals surface area contributed by atoms with Crippen molar-refractivity contribution in [2.45, 2.75) is 12.8 Å². The summed E-state index contributed by atoms with van der Waals surface area (Å²) in [5, 5.41) is 0. The molecule has 0 unspecified atom stereocenters. The molecule has 0 bridgehead atoms. The van der Waals surface area contributed by atoms with Gasteiger partial charge in [-0.1, -0.05) is 36.4 Å². The van der Waals surface area contributed by atoms with Crippen molar-refractivity contribution in [3.63, 3.8) is 0 Å². The van der Waals surface area contributed by atoms with Crippen molar-refractivity contribution in [2.24, 2.45) is 0 Å². The molecule has 1 saturated heterocycles. The largest absolute Gasteiger partial charge is 0.493 e. The minimum absolute atomic E-state index is 0.709. The van der Waals surface area contributed by atoms with Crippen LogP contribution in [-0.4, -0.2) is 38.3 Å². The monoisotopic (exact) mass is 297 g/mol. The molecule has 0 amide bonds. The lowest BCUT2D eigenvalue weighted by Gasteiger charge is -2.16. The zero-order valence-corrected chi connectivity index (χ0v) is 13.1. The highest BCUT2D eigenvalue weighted by molar-refractivity contribution is 5.67. The summed E-state index contributed by atoms with van der Waals surface area (Å²) in [6.07, 6.45) is 2.63. The normalized spacial score (nSPS) is 15.0. The van der Waals surface area contributed by atoms with E-state index in [1.165, 1.54) is 31.5 Å². The van der Waals surface area contributed by atoms with Gasteiger partial charge in [0.25, 0.3) is 0 Å². The average Bonchev–Trinajstić information content (AvgIpc) is 3.09. The van der Waals surface area contributed by atoms with Crippen LogP contribution in [0.3, 0.4) is 0 Å². The first kappa shape index (κ1) is 14.9. The molecule has 1 fully saturated rings. The predicted octanol–water partition coefficient (Wildman–Crippen LogP) is 3.84. The lowest BCUT2D eigenvalue weighted by Crippen LogP contribution is -2.25. The molecule has 3 rings (SSSR count). The van der Waals surface area contributed by atoms with Gasteiger partial charge in [-0.25, -0.2) is 0 Å². The number of likely N-dealkylation sites (tertiary alicyclic amines) is 1. The van der Waals surface area contributed by atoms with Gasteiger partial charge in [0, 0.05) is 6.54 Å². The molecule has 0 spiro atoms. The van der Waals surface area contributed by atoms with Gasteiger partial charge < -0.3 is 9.47 Å². The van der Waals surface area contributed by atoms with Crippen molar-refractivity contribution in [1.82, 2.24) is 4.90 Å². The molecule has 0 N–H and O–H groups in total. The number of rotatable bonds is 6. The standard InChI is InChI=1S/C19H23NO2/c1-21-19-15-17(16-7-3-2-4-8-16)9-10-18(19)22-14-13-20-11-5-6-12-20/h2-4,7-10,15H,5-6,11-14H2,1H3. The molecule has 2 aromatic carbocycles. The highest BCUT2D eigenvalue weighted by atomic mass is 16.5. The van der Waals surface area contributed by atoms with Crippen LogP contribution in [0, 0.1) is 0 Å². The lowest BCUT2D eigenvalue weighted by atomic mass is 10.1. The molecule has 1 aliphatic heterocycles. The molecule has 1 aliphatic rings. The third kappa shape index (κ3) is 3.60. The second kappa shape index (κ2) is 7.32. The predicted molar refractivity (Wildman–Crippen MR) is 89.6 cm³/mol. The van der Waals surface area contributed by atoms with Gasteiger partial charge in [-0.2, -0.15) is 0 Å². The van der Waals surface area contributed by atoms with E-state index in [2.05, 4.69) is 23.1 Å². The number of ether oxygens (including phenoxy) is 2. The Kier molecular flexibility index (Phi) is 4.96. The van der Waals surface area contributed by atoms with E-state index in [0.717, 1.165) is 23.6 Å². The fourth-order valence-electron chi connectivity index (χ4n) is 2.89. The molecular formula is C19H23NO2. The molecular weight excluding hydrogens is 274 g/mol. The summed E-state index contributed by atoms with van der Waals surface area (Å²) in [5.74, 6) is 1.61.